The van der Waals surface area contributed by atoms with Crippen LogP contribution in [0.15, 0.2) is 24.3 Å². The van der Waals surface area contributed by atoms with Crippen molar-refractivity contribution >= 4 is 23.4 Å². The standard InChI is InChI=1S/C17H23N3O3/c1-11(2)15(21)18-9-10-19-16(22)12-5-7-14(8-6-12)20-17(23)13-3-4-13/h5-8,11,13H,3-4,9-10H2,1-2H3,(H,18,21)(H,19,22)(H,20,23). The molecule has 0 heterocycles. The highest BCUT2D eigenvalue weighted by atomic mass is 16.2. The Kier molecular flexibility index (Phi) is 5.73. The van der Waals surface area contributed by atoms with E-state index >= 15 is 0 Å². The number of benzene rings is 1. The Hall–Kier alpha value is -2.37. The number of hydrogen-bond donors (Lipinski definition) is 3. The molecule has 2 rings (SSSR count). The average Bonchev–Trinajstić information content (AvgIpc) is 3.36. The van der Waals surface area contributed by atoms with E-state index in [2.05, 4.69) is 16.0 Å². The van der Waals surface area contributed by atoms with Gasteiger partial charge in [-0.05, 0) is 37.1 Å². The van der Waals surface area contributed by atoms with Crippen molar-refractivity contribution in [2.45, 2.75) is 26.7 Å². The summed E-state index contributed by atoms with van der Waals surface area (Å²) in [5, 5.41) is 8.30. The molecule has 124 valence electrons. The molecule has 0 radical (unpaired) electrons. The van der Waals surface area contributed by atoms with E-state index in [1.807, 2.05) is 13.8 Å². The van der Waals surface area contributed by atoms with E-state index < -0.39 is 0 Å². The van der Waals surface area contributed by atoms with E-state index in [9.17, 15) is 14.4 Å². The van der Waals surface area contributed by atoms with Crippen LogP contribution >= 0.6 is 0 Å². The van der Waals surface area contributed by atoms with Crippen LogP contribution in [0.4, 0.5) is 5.69 Å². The highest BCUT2D eigenvalue weighted by Crippen LogP contribution is 2.30. The Morgan fingerprint density at radius 1 is 1.04 bits per heavy atom. The molecular formula is C17H23N3O3. The van der Waals surface area contributed by atoms with Gasteiger partial charge in [0.05, 0.1) is 0 Å². The molecule has 1 aromatic rings. The van der Waals surface area contributed by atoms with Gasteiger partial charge in [0, 0.05) is 36.2 Å². The molecule has 23 heavy (non-hydrogen) atoms. The van der Waals surface area contributed by atoms with Crippen molar-refractivity contribution in [1.29, 1.82) is 0 Å². The van der Waals surface area contributed by atoms with Crippen molar-refractivity contribution in [2.75, 3.05) is 18.4 Å². The van der Waals surface area contributed by atoms with Crippen molar-refractivity contribution < 1.29 is 14.4 Å². The van der Waals surface area contributed by atoms with Crippen molar-refractivity contribution in [1.82, 2.24) is 10.6 Å². The number of carbonyl (C=O) groups excluding carboxylic acids is 3. The molecule has 6 nitrogen and oxygen atoms in total. The Bertz CT molecular complexity index is 577. The van der Waals surface area contributed by atoms with Crippen LogP contribution in [0.2, 0.25) is 0 Å². The second-order valence-electron chi connectivity index (χ2n) is 6.04. The zero-order chi connectivity index (χ0) is 16.8. The van der Waals surface area contributed by atoms with Crippen LogP contribution in [-0.2, 0) is 9.59 Å². The Balaban J connectivity index is 1.74. The van der Waals surface area contributed by atoms with Crippen LogP contribution in [0.25, 0.3) is 0 Å². The number of carbonyl (C=O) groups is 3. The second kappa shape index (κ2) is 7.76. The van der Waals surface area contributed by atoms with Gasteiger partial charge < -0.3 is 16.0 Å². The smallest absolute Gasteiger partial charge is 0.251 e. The summed E-state index contributed by atoms with van der Waals surface area (Å²) in [4.78, 5) is 35.0. The minimum absolute atomic E-state index is 0.0324. The third-order valence-electron chi connectivity index (χ3n) is 3.60. The van der Waals surface area contributed by atoms with Crippen molar-refractivity contribution in [3.8, 4) is 0 Å². The maximum absolute atomic E-state index is 12.0. The van der Waals surface area contributed by atoms with Gasteiger partial charge in [0.25, 0.3) is 5.91 Å². The minimum Gasteiger partial charge on any atom is -0.354 e. The fourth-order valence-electron chi connectivity index (χ4n) is 1.96. The Labute approximate surface area is 136 Å². The third-order valence-corrected chi connectivity index (χ3v) is 3.60. The summed E-state index contributed by atoms with van der Waals surface area (Å²) in [6.45, 7) is 4.41. The molecule has 3 N–H and O–H groups in total. The SMILES string of the molecule is CC(C)C(=O)NCCNC(=O)c1ccc(NC(=O)C2CC2)cc1. The molecule has 1 aliphatic rings. The predicted molar refractivity (Wildman–Crippen MR) is 88.0 cm³/mol. The fourth-order valence-corrected chi connectivity index (χ4v) is 1.96. The van der Waals surface area contributed by atoms with Crippen molar-refractivity contribution in [3.05, 3.63) is 29.8 Å². The van der Waals surface area contributed by atoms with Gasteiger partial charge in [-0.2, -0.15) is 0 Å². The van der Waals surface area contributed by atoms with E-state index in [-0.39, 0.29) is 29.6 Å². The van der Waals surface area contributed by atoms with Crippen LogP contribution in [0.3, 0.4) is 0 Å². The summed E-state index contributed by atoms with van der Waals surface area (Å²) >= 11 is 0. The van der Waals surface area contributed by atoms with Gasteiger partial charge in [0.2, 0.25) is 11.8 Å². The summed E-state index contributed by atoms with van der Waals surface area (Å²) in [5.41, 5.74) is 1.22. The topological polar surface area (TPSA) is 87.3 Å². The number of nitrogens with one attached hydrogen (secondary N) is 3. The molecule has 0 saturated heterocycles. The third kappa shape index (κ3) is 5.39. The van der Waals surface area contributed by atoms with Gasteiger partial charge in [0.1, 0.15) is 0 Å². The van der Waals surface area contributed by atoms with Gasteiger partial charge in [-0.15, -0.1) is 0 Å². The molecule has 0 aliphatic heterocycles. The van der Waals surface area contributed by atoms with Gasteiger partial charge in [-0.25, -0.2) is 0 Å². The number of hydrogen-bond acceptors (Lipinski definition) is 3. The lowest BCUT2D eigenvalue weighted by molar-refractivity contribution is -0.124. The van der Waals surface area contributed by atoms with Gasteiger partial charge >= 0.3 is 0 Å². The van der Waals surface area contributed by atoms with E-state index in [1.54, 1.807) is 24.3 Å². The van der Waals surface area contributed by atoms with Crippen molar-refractivity contribution in [3.63, 3.8) is 0 Å². The molecule has 0 spiro atoms. The largest absolute Gasteiger partial charge is 0.354 e. The minimum atomic E-state index is -0.205. The summed E-state index contributed by atoms with van der Waals surface area (Å²) in [6.07, 6.45) is 1.92. The fraction of sp³-hybridized carbons (Fsp3) is 0.471. The molecular weight excluding hydrogens is 294 g/mol. The molecule has 1 saturated carbocycles. The zero-order valence-electron chi connectivity index (χ0n) is 13.5. The van der Waals surface area contributed by atoms with E-state index in [0.717, 1.165) is 12.8 Å². The molecule has 0 atom stereocenters. The average molecular weight is 317 g/mol. The summed E-state index contributed by atoms with van der Waals surface area (Å²) in [7, 11) is 0. The normalized spacial score (nSPS) is 13.5. The van der Waals surface area contributed by atoms with E-state index in [0.29, 0.717) is 24.3 Å². The maximum atomic E-state index is 12.0. The summed E-state index contributed by atoms with van der Waals surface area (Å²) in [5.74, 6) is -0.106. The van der Waals surface area contributed by atoms with E-state index in [4.69, 9.17) is 0 Å². The summed E-state index contributed by atoms with van der Waals surface area (Å²) in [6, 6.07) is 6.78. The van der Waals surface area contributed by atoms with Crippen LogP contribution in [0.5, 0.6) is 0 Å². The zero-order valence-corrected chi connectivity index (χ0v) is 13.5. The quantitative estimate of drug-likeness (QED) is 0.667. The van der Waals surface area contributed by atoms with E-state index in [1.165, 1.54) is 0 Å². The van der Waals surface area contributed by atoms with Crippen molar-refractivity contribution in [2.24, 2.45) is 11.8 Å². The maximum Gasteiger partial charge on any atom is 0.251 e. The highest BCUT2D eigenvalue weighted by Gasteiger charge is 2.29. The molecule has 0 aromatic heterocycles. The van der Waals surface area contributed by atoms with Gasteiger partial charge in [-0.1, -0.05) is 13.8 Å². The highest BCUT2D eigenvalue weighted by molar-refractivity contribution is 5.96. The lowest BCUT2D eigenvalue weighted by atomic mass is 10.2. The molecule has 6 heteroatoms. The Morgan fingerprint density at radius 2 is 1.65 bits per heavy atom. The molecule has 3 amide bonds. The number of amides is 3. The molecule has 1 aliphatic carbocycles. The van der Waals surface area contributed by atoms with Crippen LogP contribution < -0.4 is 16.0 Å². The van der Waals surface area contributed by atoms with Crippen LogP contribution in [0, 0.1) is 11.8 Å². The molecule has 1 fully saturated rings. The molecule has 0 unspecified atom stereocenters. The summed E-state index contributed by atoms with van der Waals surface area (Å²) < 4.78 is 0. The lowest BCUT2D eigenvalue weighted by Crippen LogP contribution is -2.36. The van der Waals surface area contributed by atoms with Gasteiger partial charge in [-0.3, -0.25) is 14.4 Å². The number of anilines is 1. The number of rotatable bonds is 7. The predicted octanol–water partition coefficient (Wildman–Crippen LogP) is 1.54. The Morgan fingerprint density at radius 3 is 2.22 bits per heavy atom. The lowest BCUT2D eigenvalue weighted by Gasteiger charge is -2.09. The first-order valence-corrected chi connectivity index (χ1v) is 7.94. The molecule has 0 bridgehead atoms. The first kappa shape index (κ1) is 17.0. The first-order chi connectivity index (χ1) is 11.0. The first-order valence-electron chi connectivity index (χ1n) is 7.94. The van der Waals surface area contributed by atoms with Crippen LogP contribution in [-0.4, -0.2) is 30.8 Å². The monoisotopic (exact) mass is 317 g/mol. The second-order valence-corrected chi connectivity index (χ2v) is 6.04. The van der Waals surface area contributed by atoms with Gasteiger partial charge in [0.15, 0.2) is 0 Å². The molecule has 1 aromatic carbocycles. The van der Waals surface area contributed by atoms with Crippen LogP contribution in [0.1, 0.15) is 37.0 Å².